The zero-order chi connectivity index (χ0) is 18.4. The molecular formula is C19H30BrIN4O. The third-order valence-corrected chi connectivity index (χ3v) is 5.31. The Morgan fingerprint density at radius 2 is 2.19 bits per heavy atom. The van der Waals surface area contributed by atoms with Crippen molar-refractivity contribution in [2.45, 2.75) is 38.5 Å². The number of halogens is 2. The highest BCUT2D eigenvalue weighted by atomic mass is 127. The number of carbonyl (C=O) groups excluding carboxylic acids is 1. The minimum atomic E-state index is -0.217. The van der Waals surface area contributed by atoms with Gasteiger partial charge < -0.3 is 16.0 Å². The monoisotopic (exact) mass is 536 g/mol. The van der Waals surface area contributed by atoms with Crippen LogP contribution < -0.4 is 11.1 Å². The third-order valence-electron chi connectivity index (χ3n) is 4.81. The number of piperidine rings is 1. The Bertz CT molecular complexity index is 636. The molecule has 0 aliphatic carbocycles. The van der Waals surface area contributed by atoms with Crippen LogP contribution in [-0.4, -0.2) is 43.4 Å². The molecule has 1 aromatic rings. The highest BCUT2D eigenvalue weighted by Gasteiger charge is 2.26. The maximum Gasteiger partial charge on any atom is 0.217 e. The van der Waals surface area contributed by atoms with E-state index in [9.17, 15) is 4.79 Å². The number of rotatable bonds is 5. The first-order chi connectivity index (χ1) is 11.8. The van der Waals surface area contributed by atoms with Crippen molar-refractivity contribution in [1.82, 2.24) is 10.2 Å². The molecule has 1 unspecified atom stereocenters. The first-order valence-corrected chi connectivity index (χ1v) is 9.61. The average Bonchev–Trinajstić information content (AvgIpc) is 2.55. The van der Waals surface area contributed by atoms with Crippen LogP contribution in [0.5, 0.6) is 0 Å². The number of nitrogens with two attached hydrogens (primary N) is 1. The number of nitrogens with zero attached hydrogens (tertiary/aromatic N) is 2. The maximum atomic E-state index is 11.2. The lowest BCUT2D eigenvalue weighted by atomic mass is 9.84. The van der Waals surface area contributed by atoms with Gasteiger partial charge in [0.05, 0.1) is 0 Å². The number of likely N-dealkylation sites (tertiary alicyclic amines) is 1. The second-order valence-corrected chi connectivity index (χ2v) is 8.34. The topological polar surface area (TPSA) is 70.7 Å². The van der Waals surface area contributed by atoms with Gasteiger partial charge in [-0.15, -0.1) is 24.0 Å². The van der Waals surface area contributed by atoms with E-state index < -0.39 is 0 Å². The molecule has 5 nitrogen and oxygen atoms in total. The highest BCUT2D eigenvalue weighted by molar-refractivity contribution is 14.0. The summed E-state index contributed by atoms with van der Waals surface area (Å²) in [4.78, 5) is 17.9. The molecule has 0 aromatic heterocycles. The average molecular weight is 537 g/mol. The van der Waals surface area contributed by atoms with Crippen molar-refractivity contribution in [1.29, 1.82) is 0 Å². The largest absolute Gasteiger partial charge is 0.370 e. The number of carbonyl (C=O) groups is 1. The van der Waals surface area contributed by atoms with Gasteiger partial charge in [-0.3, -0.25) is 9.79 Å². The summed E-state index contributed by atoms with van der Waals surface area (Å²) in [6.45, 7) is 7.03. The van der Waals surface area contributed by atoms with Gasteiger partial charge in [0.2, 0.25) is 5.91 Å². The van der Waals surface area contributed by atoms with Crippen LogP contribution in [0.15, 0.2) is 33.7 Å². The van der Waals surface area contributed by atoms with E-state index >= 15 is 0 Å². The Kier molecular flexibility index (Phi) is 9.36. The van der Waals surface area contributed by atoms with E-state index in [1.54, 1.807) is 0 Å². The van der Waals surface area contributed by atoms with E-state index in [0.717, 1.165) is 42.9 Å². The Hall–Kier alpha value is -0.830. The van der Waals surface area contributed by atoms with Gasteiger partial charge in [-0.1, -0.05) is 41.9 Å². The number of aliphatic imine (C=N–C) groups is 1. The lowest BCUT2D eigenvalue weighted by Gasteiger charge is -2.36. The van der Waals surface area contributed by atoms with Crippen molar-refractivity contribution in [2.24, 2.45) is 16.6 Å². The van der Waals surface area contributed by atoms with Crippen LogP contribution in [0.25, 0.3) is 0 Å². The van der Waals surface area contributed by atoms with Gasteiger partial charge in [0.25, 0.3) is 0 Å². The number of nitrogens with one attached hydrogen (secondary N) is 1. The zero-order valence-electron chi connectivity index (χ0n) is 15.8. The molecular weight excluding hydrogens is 507 g/mol. The summed E-state index contributed by atoms with van der Waals surface area (Å²) >= 11 is 3.55. The minimum Gasteiger partial charge on any atom is -0.370 e. The summed E-state index contributed by atoms with van der Waals surface area (Å²) in [7, 11) is 1.81. The number of benzene rings is 1. The Morgan fingerprint density at radius 3 is 2.81 bits per heavy atom. The molecule has 1 aromatic carbocycles. The summed E-state index contributed by atoms with van der Waals surface area (Å²) in [6.07, 6.45) is 2.57. The lowest BCUT2D eigenvalue weighted by molar-refractivity contribution is -0.119. The first kappa shape index (κ1) is 23.2. The summed E-state index contributed by atoms with van der Waals surface area (Å²) in [5.74, 6) is 1.01. The smallest absolute Gasteiger partial charge is 0.217 e. The van der Waals surface area contributed by atoms with Crippen LogP contribution >= 0.6 is 39.9 Å². The molecule has 0 radical (unpaired) electrons. The zero-order valence-corrected chi connectivity index (χ0v) is 19.7. The van der Waals surface area contributed by atoms with Crippen LogP contribution in [0, 0.1) is 5.92 Å². The fourth-order valence-corrected chi connectivity index (χ4v) is 3.75. The molecule has 1 amide bonds. The van der Waals surface area contributed by atoms with Gasteiger partial charge in [-0.05, 0) is 36.5 Å². The summed E-state index contributed by atoms with van der Waals surface area (Å²) in [5.41, 5.74) is 6.61. The fourth-order valence-electron chi connectivity index (χ4n) is 3.35. The SMILES string of the molecule is CN=C(NCC(C)(C)c1cccc(Br)c1)N1CCCC(CC(N)=O)C1.I. The number of primary amides is 1. The van der Waals surface area contributed by atoms with Gasteiger partial charge in [-0.2, -0.15) is 0 Å². The van der Waals surface area contributed by atoms with Crippen molar-refractivity contribution in [3.63, 3.8) is 0 Å². The van der Waals surface area contributed by atoms with Gasteiger partial charge >= 0.3 is 0 Å². The Balaban J connectivity index is 0.00000338. The molecule has 26 heavy (non-hydrogen) atoms. The van der Waals surface area contributed by atoms with E-state index in [0.29, 0.717) is 12.3 Å². The molecule has 2 rings (SSSR count). The predicted octanol–water partition coefficient (Wildman–Crippen LogP) is 3.51. The molecule has 1 aliphatic heterocycles. The summed E-state index contributed by atoms with van der Waals surface area (Å²) in [5, 5.41) is 3.52. The molecule has 1 fully saturated rings. The fraction of sp³-hybridized carbons (Fsp3) is 0.579. The van der Waals surface area contributed by atoms with E-state index in [1.165, 1.54) is 5.56 Å². The number of guanidine groups is 1. The van der Waals surface area contributed by atoms with Crippen LogP contribution in [0.3, 0.4) is 0 Å². The van der Waals surface area contributed by atoms with E-state index in [1.807, 2.05) is 13.1 Å². The van der Waals surface area contributed by atoms with Gasteiger partial charge in [0.15, 0.2) is 5.96 Å². The minimum absolute atomic E-state index is 0. The summed E-state index contributed by atoms with van der Waals surface area (Å²) in [6, 6.07) is 8.42. The van der Waals surface area contributed by atoms with E-state index in [4.69, 9.17) is 5.73 Å². The molecule has 7 heteroatoms. The second kappa shape index (κ2) is 10.5. The van der Waals surface area contributed by atoms with Crippen LogP contribution in [0.1, 0.15) is 38.7 Å². The molecule has 0 bridgehead atoms. The van der Waals surface area contributed by atoms with Crippen molar-refractivity contribution in [3.05, 3.63) is 34.3 Å². The first-order valence-electron chi connectivity index (χ1n) is 8.82. The van der Waals surface area contributed by atoms with E-state index in [2.05, 4.69) is 63.2 Å². The van der Waals surface area contributed by atoms with Crippen molar-refractivity contribution in [3.8, 4) is 0 Å². The molecule has 0 saturated carbocycles. The molecule has 1 heterocycles. The normalized spacial score (nSPS) is 18.2. The third kappa shape index (κ3) is 6.72. The van der Waals surface area contributed by atoms with Crippen LogP contribution in [0.2, 0.25) is 0 Å². The second-order valence-electron chi connectivity index (χ2n) is 7.42. The molecule has 146 valence electrons. The highest BCUT2D eigenvalue weighted by Crippen LogP contribution is 2.25. The van der Waals surface area contributed by atoms with Gasteiger partial charge in [0, 0.05) is 43.0 Å². The van der Waals surface area contributed by atoms with Crippen LogP contribution in [-0.2, 0) is 10.2 Å². The molecule has 0 spiro atoms. The number of amides is 1. The maximum absolute atomic E-state index is 11.2. The Labute approximate surface area is 182 Å². The van der Waals surface area contributed by atoms with Gasteiger partial charge in [-0.25, -0.2) is 0 Å². The van der Waals surface area contributed by atoms with Crippen LogP contribution in [0.4, 0.5) is 0 Å². The predicted molar refractivity (Wildman–Crippen MR) is 122 cm³/mol. The van der Waals surface area contributed by atoms with Crippen molar-refractivity contribution in [2.75, 3.05) is 26.7 Å². The molecule has 1 saturated heterocycles. The standard InChI is InChI=1S/C19H29BrN4O.HI/c1-19(2,15-7-4-8-16(20)11-15)13-23-18(22-3)24-9-5-6-14(12-24)10-17(21)25;/h4,7-8,11,14H,5-6,9-10,12-13H2,1-3H3,(H2,21,25)(H,22,23);1H. The van der Waals surface area contributed by atoms with E-state index in [-0.39, 0.29) is 35.3 Å². The number of hydrogen-bond donors (Lipinski definition) is 2. The molecule has 3 N–H and O–H groups in total. The molecule has 1 atom stereocenters. The summed E-state index contributed by atoms with van der Waals surface area (Å²) < 4.78 is 1.09. The lowest BCUT2D eigenvalue weighted by Crippen LogP contribution is -2.49. The Morgan fingerprint density at radius 1 is 1.46 bits per heavy atom. The van der Waals surface area contributed by atoms with Crippen molar-refractivity contribution < 1.29 is 4.79 Å². The van der Waals surface area contributed by atoms with Crippen molar-refractivity contribution >= 4 is 51.8 Å². The number of hydrogen-bond acceptors (Lipinski definition) is 2. The quantitative estimate of drug-likeness (QED) is 0.344. The van der Waals surface area contributed by atoms with Gasteiger partial charge in [0.1, 0.15) is 0 Å². The molecule has 1 aliphatic rings.